The minimum absolute atomic E-state index is 0.153. The summed E-state index contributed by atoms with van der Waals surface area (Å²) in [6.45, 7) is 1.89. The summed E-state index contributed by atoms with van der Waals surface area (Å²) in [6.07, 6.45) is 0.153. The third-order valence-electron chi connectivity index (χ3n) is 8.91. The third kappa shape index (κ3) is 3.52. The Morgan fingerprint density at radius 2 is 1.17 bits per heavy atom. The molecular weight excluding hydrogens is 555 g/mol. The molecule has 3 atom stereocenters. The van der Waals surface area contributed by atoms with E-state index in [1.54, 1.807) is 6.07 Å². The number of benzene rings is 4. The molecule has 4 aliphatic rings. The second-order valence-electron chi connectivity index (χ2n) is 11.0. The number of rotatable bonds is 5. The van der Waals surface area contributed by atoms with Gasteiger partial charge in [-0.1, -0.05) is 97.1 Å². The lowest BCUT2D eigenvalue weighted by Gasteiger charge is -2.54. The molecule has 5 nitrogen and oxygen atoms in total. The van der Waals surface area contributed by atoms with E-state index < -0.39 is 45.3 Å². The number of halogens is 2. The van der Waals surface area contributed by atoms with Crippen LogP contribution in [0.5, 0.6) is 0 Å². The van der Waals surface area contributed by atoms with Gasteiger partial charge in [0.1, 0.15) is 15.8 Å². The first-order valence-corrected chi connectivity index (χ1v) is 14.4. The number of para-hydroxylation sites is 1. The molecule has 41 heavy (non-hydrogen) atoms. The molecule has 204 valence electrons. The number of amides is 3. The quantitative estimate of drug-likeness (QED) is 0.228. The van der Waals surface area contributed by atoms with E-state index in [4.69, 9.17) is 23.2 Å². The summed E-state index contributed by atoms with van der Waals surface area (Å²) in [5, 5.41) is 2.97. The molecule has 3 aliphatic carbocycles. The second-order valence-corrected chi connectivity index (χ2v) is 12.2. The number of nitrogens with zero attached hydrogens (tertiary/aromatic N) is 1. The van der Waals surface area contributed by atoms with Gasteiger partial charge in [-0.05, 0) is 46.4 Å². The minimum Gasteiger partial charge on any atom is -0.324 e. The summed E-state index contributed by atoms with van der Waals surface area (Å²) < 4.78 is 0. The first-order chi connectivity index (χ1) is 19.8. The molecule has 2 bridgehead atoms. The van der Waals surface area contributed by atoms with Crippen LogP contribution in [-0.2, 0) is 30.6 Å². The SMILES string of the molecule is Cc1ccccc1NC(=O)[C@H](Cc1ccccc1)N1C(=O)[C@H]2[C@H](C1=O)C1(Cl)c3ccccc3C2(Cl)c2ccccc21. The fourth-order valence-corrected chi connectivity index (χ4v) is 8.16. The zero-order valence-corrected chi connectivity index (χ0v) is 23.7. The average Bonchev–Trinajstić information content (AvgIpc) is 3.27. The van der Waals surface area contributed by atoms with E-state index in [1.807, 2.05) is 104 Å². The van der Waals surface area contributed by atoms with Crippen molar-refractivity contribution in [2.75, 3.05) is 5.32 Å². The summed E-state index contributed by atoms with van der Waals surface area (Å²) in [7, 11) is 0. The van der Waals surface area contributed by atoms with E-state index in [9.17, 15) is 14.4 Å². The van der Waals surface area contributed by atoms with E-state index in [0.29, 0.717) is 5.69 Å². The topological polar surface area (TPSA) is 66.5 Å². The zero-order valence-electron chi connectivity index (χ0n) is 22.2. The van der Waals surface area contributed by atoms with Crippen LogP contribution in [0.3, 0.4) is 0 Å². The fraction of sp³-hybridized carbons (Fsp3) is 0.206. The molecule has 7 heteroatoms. The number of carbonyl (C=O) groups excluding carboxylic acids is 3. The smallest absolute Gasteiger partial charge is 0.248 e. The fourth-order valence-electron chi connectivity index (χ4n) is 7.06. The highest BCUT2D eigenvalue weighted by Gasteiger charge is 2.73. The maximum absolute atomic E-state index is 14.5. The predicted molar refractivity (Wildman–Crippen MR) is 159 cm³/mol. The Bertz CT molecular complexity index is 1620. The molecule has 1 N–H and O–H groups in total. The Kier molecular flexibility index (Phi) is 5.90. The van der Waals surface area contributed by atoms with Gasteiger partial charge in [-0.25, -0.2) is 0 Å². The van der Waals surface area contributed by atoms with Gasteiger partial charge in [-0.3, -0.25) is 19.3 Å². The van der Waals surface area contributed by atoms with Gasteiger partial charge in [0, 0.05) is 12.1 Å². The van der Waals surface area contributed by atoms with Gasteiger partial charge in [0.15, 0.2) is 0 Å². The van der Waals surface area contributed by atoms with Gasteiger partial charge >= 0.3 is 0 Å². The maximum atomic E-state index is 14.5. The van der Waals surface area contributed by atoms with Crippen LogP contribution in [-0.4, -0.2) is 28.7 Å². The first kappa shape index (κ1) is 26.0. The van der Waals surface area contributed by atoms with Crippen molar-refractivity contribution < 1.29 is 14.4 Å². The normalized spacial score (nSPS) is 26.3. The lowest BCUT2D eigenvalue weighted by molar-refractivity contribution is -0.146. The molecule has 1 fully saturated rings. The predicted octanol–water partition coefficient (Wildman–Crippen LogP) is 6.14. The molecule has 1 heterocycles. The zero-order chi connectivity index (χ0) is 28.5. The van der Waals surface area contributed by atoms with Crippen LogP contribution in [0.2, 0.25) is 0 Å². The Balaban J connectivity index is 1.37. The largest absolute Gasteiger partial charge is 0.324 e. The van der Waals surface area contributed by atoms with Gasteiger partial charge in [0.25, 0.3) is 0 Å². The molecule has 4 aromatic rings. The number of aryl methyl sites for hydroxylation is 1. The lowest BCUT2D eigenvalue weighted by Crippen LogP contribution is -2.57. The van der Waals surface area contributed by atoms with E-state index in [2.05, 4.69) is 5.32 Å². The van der Waals surface area contributed by atoms with Crippen LogP contribution < -0.4 is 5.32 Å². The van der Waals surface area contributed by atoms with E-state index in [-0.39, 0.29) is 6.42 Å². The number of likely N-dealkylation sites (tertiary alicyclic amines) is 1. The van der Waals surface area contributed by atoms with E-state index >= 15 is 0 Å². The summed E-state index contributed by atoms with van der Waals surface area (Å²) in [5.41, 5.74) is 5.22. The van der Waals surface area contributed by atoms with Crippen LogP contribution in [0.15, 0.2) is 103 Å². The second kappa shape index (κ2) is 9.30. The summed E-state index contributed by atoms with van der Waals surface area (Å²) in [4.78, 5) is 41.6. The molecule has 3 amide bonds. The summed E-state index contributed by atoms with van der Waals surface area (Å²) >= 11 is 15.2. The van der Waals surface area contributed by atoms with Gasteiger partial charge in [-0.2, -0.15) is 0 Å². The van der Waals surface area contributed by atoms with Gasteiger partial charge in [0.2, 0.25) is 17.7 Å². The van der Waals surface area contributed by atoms with Crippen molar-refractivity contribution in [3.63, 3.8) is 0 Å². The van der Waals surface area contributed by atoms with Crippen molar-refractivity contribution in [3.8, 4) is 0 Å². The van der Waals surface area contributed by atoms with E-state index in [1.165, 1.54) is 0 Å². The minimum atomic E-state index is -1.31. The Hall–Kier alpha value is -3.93. The average molecular weight is 581 g/mol. The van der Waals surface area contributed by atoms with Gasteiger partial charge in [-0.15, -0.1) is 23.2 Å². The molecule has 4 aromatic carbocycles. The van der Waals surface area contributed by atoms with Gasteiger partial charge < -0.3 is 5.32 Å². The summed E-state index contributed by atoms with van der Waals surface area (Å²) in [6, 6.07) is 30.7. The molecule has 0 saturated carbocycles. The highest BCUT2D eigenvalue weighted by molar-refractivity contribution is 6.36. The van der Waals surface area contributed by atoms with Crippen molar-refractivity contribution in [1.82, 2.24) is 4.90 Å². The Morgan fingerprint density at radius 3 is 1.66 bits per heavy atom. The Labute approximate surface area is 248 Å². The number of hydrogen-bond donors (Lipinski definition) is 1. The van der Waals surface area contributed by atoms with Crippen molar-refractivity contribution in [2.45, 2.75) is 29.1 Å². The van der Waals surface area contributed by atoms with Gasteiger partial charge in [0.05, 0.1) is 11.8 Å². The van der Waals surface area contributed by atoms with Crippen LogP contribution in [0.25, 0.3) is 0 Å². The molecular formula is C34H26Cl2N2O3. The Morgan fingerprint density at radius 1 is 0.732 bits per heavy atom. The molecule has 0 unspecified atom stereocenters. The molecule has 0 radical (unpaired) electrons. The molecule has 1 aliphatic heterocycles. The summed E-state index contributed by atoms with van der Waals surface area (Å²) in [5.74, 6) is -3.35. The number of anilines is 1. The molecule has 1 saturated heterocycles. The number of hydrogen-bond acceptors (Lipinski definition) is 3. The van der Waals surface area contributed by atoms with Crippen molar-refractivity contribution in [3.05, 3.63) is 137 Å². The number of alkyl halides is 2. The van der Waals surface area contributed by atoms with Crippen LogP contribution in [0.4, 0.5) is 5.69 Å². The highest BCUT2D eigenvalue weighted by Crippen LogP contribution is 2.69. The molecule has 0 aromatic heterocycles. The van der Waals surface area contributed by atoms with Crippen molar-refractivity contribution in [2.24, 2.45) is 11.8 Å². The number of carbonyl (C=O) groups is 3. The number of nitrogens with one attached hydrogen (secondary N) is 1. The van der Waals surface area contributed by atoms with Crippen LogP contribution in [0, 0.1) is 18.8 Å². The maximum Gasteiger partial charge on any atom is 0.248 e. The molecule has 8 rings (SSSR count). The standard InChI is InChI=1S/C34H26Cl2N2O3/c1-20-11-5-10-18-26(20)37-30(39)27(19-21-12-3-2-4-13-21)38-31(40)28-29(32(38)41)34(36)23-15-7-6-14-22(23)33(28,35)24-16-8-9-17-25(24)34/h2-18,27-29H,19H2,1H3,(H,37,39)/t27-,28+,29+,33?,34?/m0/s1. The van der Waals surface area contributed by atoms with Crippen LogP contribution >= 0.6 is 23.2 Å². The lowest BCUT2D eigenvalue weighted by atomic mass is 9.54. The highest BCUT2D eigenvalue weighted by atomic mass is 35.5. The number of imide groups is 1. The van der Waals surface area contributed by atoms with Crippen molar-refractivity contribution >= 4 is 46.6 Å². The first-order valence-electron chi connectivity index (χ1n) is 13.6. The van der Waals surface area contributed by atoms with E-state index in [0.717, 1.165) is 38.3 Å². The van der Waals surface area contributed by atoms with Crippen LogP contribution in [0.1, 0.15) is 33.4 Å². The van der Waals surface area contributed by atoms with Crippen molar-refractivity contribution in [1.29, 1.82) is 0 Å². The monoisotopic (exact) mass is 580 g/mol. The molecule has 0 spiro atoms. The third-order valence-corrected chi connectivity index (χ3v) is 10.2.